The average molecular weight is 458 g/mol. The van der Waals surface area contributed by atoms with Crippen molar-refractivity contribution in [3.05, 3.63) is 95.6 Å². The van der Waals surface area contributed by atoms with Crippen LogP contribution in [0.25, 0.3) is 0 Å². The Morgan fingerprint density at radius 3 is 1.88 bits per heavy atom. The van der Waals surface area contributed by atoms with E-state index in [1.165, 1.54) is 11.1 Å². The normalized spacial score (nSPS) is 14.4. The fraction of sp³-hybridized carbons (Fsp3) is 0.286. The van der Waals surface area contributed by atoms with Crippen molar-refractivity contribution in [2.24, 2.45) is 5.92 Å². The van der Waals surface area contributed by atoms with Gasteiger partial charge >= 0.3 is 5.97 Å². The molecule has 0 radical (unpaired) electrons. The van der Waals surface area contributed by atoms with Crippen LogP contribution in [0.3, 0.4) is 0 Å². The van der Waals surface area contributed by atoms with Gasteiger partial charge in [0, 0.05) is 37.8 Å². The molecular formula is C28H31N3O3. The van der Waals surface area contributed by atoms with E-state index in [2.05, 4.69) is 63.6 Å². The Kier molecular flexibility index (Phi) is 7.28. The number of carboxylic acid groups (broad SMARTS) is 1. The van der Waals surface area contributed by atoms with Gasteiger partial charge in [-0.25, -0.2) is 4.79 Å². The van der Waals surface area contributed by atoms with E-state index < -0.39 is 5.97 Å². The van der Waals surface area contributed by atoms with Gasteiger partial charge in [0.25, 0.3) is 0 Å². The number of carbonyl (C=O) groups is 2. The third-order valence-electron chi connectivity index (χ3n) is 6.29. The third kappa shape index (κ3) is 5.29. The van der Waals surface area contributed by atoms with Crippen LogP contribution in [0, 0.1) is 5.92 Å². The van der Waals surface area contributed by atoms with Crippen molar-refractivity contribution in [3.8, 4) is 0 Å². The van der Waals surface area contributed by atoms with Crippen LogP contribution in [0.1, 0.15) is 41.4 Å². The van der Waals surface area contributed by atoms with Gasteiger partial charge in [-0.2, -0.15) is 0 Å². The Labute approximate surface area is 200 Å². The van der Waals surface area contributed by atoms with Gasteiger partial charge in [-0.1, -0.05) is 74.5 Å². The van der Waals surface area contributed by atoms with Crippen LogP contribution in [-0.4, -0.2) is 48.1 Å². The lowest BCUT2D eigenvalue weighted by molar-refractivity contribution is -0.118. The maximum absolute atomic E-state index is 12.1. The standard InChI is InChI=1S/C28H31N3O3/c1-20(2)27(32)29-25-14-13-23(19-24(25)28(33)34)30-15-17-31(18-16-30)26(21-9-5-3-6-10-21)22-11-7-4-8-12-22/h3-14,19-20,26H,15-18H2,1-2H3,(H,29,32)(H,33,34). The Balaban J connectivity index is 1.52. The van der Waals surface area contributed by atoms with E-state index >= 15 is 0 Å². The molecular weight excluding hydrogens is 426 g/mol. The highest BCUT2D eigenvalue weighted by atomic mass is 16.4. The summed E-state index contributed by atoms with van der Waals surface area (Å²) in [5, 5.41) is 12.5. The lowest BCUT2D eigenvalue weighted by Gasteiger charge is -2.40. The van der Waals surface area contributed by atoms with Gasteiger partial charge in [-0.05, 0) is 29.3 Å². The second-order valence-corrected chi connectivity index (χ2v) is 8.93. The Morgan fingerprint density at radius 2 is 1.38 bits per heavy atom. The summed E-state index contributed by atoms with van der Waals surface area (Å²) in [6, 6.07) is 26.5. The van der Waals surface area contributed by atoms with E-state index in [9.17, 15) is 14.7 Å². The fourth-order valence-electron chi connectivity index (χ4n) is 4.42. The number of anilines is 2. The first-order chi connectivity index (χ1) is 16.4. The minimum absolute atomic E-state index is 0.111. The highest BCUT2D eigenvalue weighted by molar-refractivity contribution is 6.01. The average Bonchev–Trinajstić information content (AvgIpc) is 2.86. The molecule has 0 unspecified atom stereocenters. The summed E-state index contributed by atoms with van der Waals surface area (Å²) in [7, 11) is 0. The highest BCUT2D eigenvalue weighted by Crippen LogP contribution is 2.31. The van der Waals surface area contributed by atoms with Gasteiger partial charge in [0.2, 0.25) is 5.91 Å². The lowest BCUT2D eigenvalue weighted by atomic mass is 9.96. The summed E-state index contributed by atoms with van der Waals surface area (Å²) in [5.41, 5.74) is 3.83. The van der Waals surface area contributed by atoms with E-state index in [1.807, 2.05) is 18.2 Å². The number of nitrogens with one attached hydrogen (secondary N) is 1. The lowest BCUT2D eigenvalue weighted by Crippen LogP contribution is -2.48. The Hall–Kier alpha value is -3.64. The van der Waals surface area contributed by atoms with E-state index in [-0.39, 0.29) is 23.4 Å². The monoisotopic (exact) mass is 457 g/mol. The van der Waals surface area contributed by atoms with Crippen molar-refractivity contribution in [2.75, 3.05) is 36.4 Å². The molecule has 34 heavy (non-hydrogen) atoms. The fourth-order valence-corrected chi connectivity index (χ4v) is 4.42. The maximum Gasteiger partial charge on any atom is 0.337 e. The van der Waals surface area contributed by atoms with Crippen molar-refractivity contribution < 1.29 is 14.7 Å². The molecule has 0 aliphatic carbocycles. The number of nitrogens with zero attached hydrogens (tertiary/aromatic N) is 2. The Bertz CT molecular complexity index is 1080. The van der Waals surface area contributed by atoms with Crippen molar-refractivity contribution in [1.82, 2.24) is 4.90 Å². The van der Waals surface area contributed by atoms with Crippen LogP contribution in [-0.2, 0) is 4.79 Å². The SMILES string of the molecule is CC(C)C(=O)Nc1ccc(N2CCN(C(c3ccccc3)c3ccccc3)CC2)cc1C(=O)O. The van der Waals surface area contributed by atoms with Crippen LogP contribution in [0.2, 0.25) is 0 Å². The van der Waals surface area contributed by atoms with Crippen molar-refractivity contribution in [2.45, 2.75) is 19.9 Å². The summed E-state index contributed by atoms with van der Waals surface area (Å²) < 4.78 is 0. The van der Waals surface area contributed by atoms with E-state index in [0.717, 1.165) is 31.9 Å². The molecule has 0 saturated carbocycles. The minimum atomic E-state index is -1.05. The zero-order valence-corrected chi connectivity index (χ0v) is 19.6. The maximum atomic E-state index is 12.1. The van der Waals surface area contributed by atoms with E-state index in [1.54, 1.807) is 26.0 Å². The second-order valence-electron chi connectivity index (χ2n) is 8.93. The van der Waals surface area contributed by atoms with Crippen LogP contribution in [0.5, 0.6) is 0 Å². The number of rotatable bonds is 7. The second kappa shape index (κ2) is 10.5. The third-order valence-corrected chi connectivity index (χ3v) is 6.29. The summed E-state index contributed by atoms with van der Waals surface area (Å²) in [5.74, 6) is -1.47. The molecule has 1 heterocycles. The molecule has 2 N–H and O–H groups in total. The first-order valence-corrected chi connectivity index (χ1v) is 11.7. The number of hydrogen-bond donors (Lipinski definition) is 2. The number of amides is 1. The number of carboxylic acids is 1. The van der Waals surface area contributed by atoms with Gasteiger partial charge in [-0.15, -0.1) is 0 Å². The van der Waals surface area contributed by atoms with Crippen molar-refractivity contribution in [3.63, 3.8) is 0 Å². The van der Waals surface area contributed by atoms with Gasteiger partial charge in [0.1, 0.15) is 0 Å². The predicted molar refractivity (Wildman–Crippen MR) is 135 cm³/mol. The summed E-state index contributed by atoms with van der Waals surface area (Å²) in [4.78, 5) is 28.7. The minimum Gasteiger partial charge on any atom is -0.478 e. The Morgan fingerprint density at radius 1 is 0.824 bits per heavy atom. The zero-order chi connectivity index (χ0) is 24.1. The molecule has 1 aliphatic rings. The molecule has 6 nitrogen and oxygen atoms in total. The van der Waals surface area contributed by atoms with Crippen LogP contribution in [0.15, 0.2) is 78.9 Å². The molecule has 176 valence electrons. The molecule has 0 atom stereocenters. The highest BCUT2D eigenvalue weighted by Gasteiger charge is 2.27. The number of hydrogen-bond acceptors (Lipinski definition) is 4. The van der Waals surface area contributed by atoms with Gasteiger partial charge in [0.15, 0.2) is 0 Å². The number of piperazine rings is 1. The molecule has 1 saturated heterocycles. The molecule has 6 heteroatoms. The van der Waals surface area contributed by atoms with Gasteiger partial charge in [0.05, 0.1) is 17.3 Å². The summed E-state index contributed by atoms with van der Waals surface area (Å²) in [6.45, 7) is 6.83. The summed E-state index contributed by atoms with van der Waals surface area (Å²) >= 11 is 0. The summed E-state index contributed by atoms with van der Waals surface area (Å²) in [6.07, 6.45) is 0. The zero-order valence-electron chi connectivity index (χ0n) is 19.6. The topological polar surface area (TPSA) is 72.9 Å². The molecule has 3 aromatic carbocycles. The molecule has 1 amide bonds. The number of carbonyl (C=O) groups excluding carboxylic acids is 1. The van der Waals surface area contributed by atoms with E-state index in [4.69, 9.17) is 0 Å². The first kappa shape index (κ1) is 23.5. The van der Waals surface area contributed by atoms with Crippen molar-refractivity contribution >= 4 is 23.3 Å². The molecule has 4 rings (SSSR count). The molecule has 3 aromatic rings. The molecule has 0 bridgehead atoms. The largest absolute Gasteiger partial charge is 0.478 e. The predicted octanol–water partition coefficient (Wildman–Crippen LogP) is 4.89. The molecule has 1 fully saturated rings. The molecule has 0 aromatic heterocycles. The smallest absolute Gasteiger partial charge is 0.337 e. The van der Waals surface area contributed by atoms with Crippen LogP contribution >= 0.6 is 0 Å². The van der Waals surface area contributed by atoms with Gasteiger partial charge < -0.3 is 15.3 Å². The van der Waals surface area contributed by atoms with E-state index in [0.29, 0.717) is 5.69 Å². The quantitative estimate of drug-likeness (QED) is 0.528. The van der Waals surface area contributed by atoms with Crippen molar-refractivity contribution in [1.29, 1.82) is 0 Å². The number of benzene rings is 3. The van der Waals surface area contributed by atoms with Crippen LogP contribution < -0.4 is 10.2 Å². The molecule has 0 spiro atoms. The van der Waals surface area contributed by atoms with Crippen LogP contribution in [0.4, 0.5) is 11.4 Å². The van der Waals surface area contributed by atoms with Gasteiger partial charge in [-0.3, -0.25) is 9.69 Å². The number of aromatic carboxylic acids is 1. The first-order valence-electron chi connectivity index (χ1n) is 11.7. The molecule has 1 aliphatic heterocycles.